The molecule has 0 aliphatic carbocycles. The molecular weight excluding hydrogens is 333 g/mol. The van der Waals surface area contributed by atoms with E-state index in [1.165, 1.54) is 11.8 Å². The molecule has 1 heterocycles. The van der Waals surface area contributed by atoms with E-state index in [1.807, 2.05) is 53.7 Å². The molecule has 6 heteroatoms. The molecule has 1 aromatic carbocycles. The Bertz CT molecular complexity index is 674. The molecule has 0 saturated carbocycles. The average Bonchev–Trinajstić information content (AvgIpc) is 2.68. The van der Waals surface area contributed by atoms with Gasteiger partial charge in [0.1, 0.15) is 0 Å². The number of nitrogen functional groups attached to an aromatic ring is 1. The molecule has 0 aromatic heterocycles. The van der Waals surface area contributed by atoms with Crippen molar-refractivity contribution in [2.75, 3.05) is 11.5 Å². The maximum atomic E-state index is 11.5. The van der Waals surface area contributed by atoms with Crippen LogP contribution in [0.15, 0.2) is 17.6 Å². The van der Waals surface area contributed by atoms with Gasteiger partial charge in [-0.1, -0.05) is 30.0 Å². The lowest BCUT2D eigenvalue weighted by Gasteiger charge is -2.32. The summed E-state index contributed by atoms with van der Waals surface area (Å²) in [4.78, 5) is 11.5. The van der Waals surface area contributed by atoms with Gasteiger partial charge in [-0.25, -0.2) is 0 Å². The number of benzene rings is 1. The van der Waals surface area contributed by atoms with E-state index in [2.05, 4.69) is 6.08 Å². The average molecular weight is 361 g/mol. The van der Waals surface area contributed by atoms with Gasteiger partial charge in [0.05, 0.1) is 11.2 Å². The number of hydrogen-bond donors (Lipinski definition) is 1. The number of anilines is 1. The molecule has 1 aliphatic rings. The molecule has 2 N–H and O–H groups in total. The molecule has 4 nitrogen and oxygen atoms in total. The highest BCUT2D eigenvalue weighted by Crippen LogP contribution is 2.39. The van der Waals surface area contributed by atoms with Crippen molar-refractivity contribution in [3.63, 3.8) is 0 Å². The Balaban J connectivity index is 2.38. The summed E-state index contributed by atoms with van der Waals surface area (Å²) >= 11 is 1.27. The maximum Gasteiger partial charge on any atom is 0.491 e. The fourth-order valence-corrected chi connectivity index (χ4v) is 3.25. The van der Waals surface area contributed by atoms with Crippen LogP contribution in [0, 0.1) is 13.8 Å². The van der Waals surface area contributed by atoms with Crippen molar-refractivity contribution in [1.29, 1.82) is 0 Å². The number of nitrogens with two attached hydrogens (primary N) is 1. The first kappa shape index (κ1) is 20.1. The zero-order chi connectivity index (χ0) is 19.0. The minimum absolute atomic E-state index is 0.0760. The van der Waals surface area contributed by atoms with E-state index < -0.39 is 18.3 Å². The lowest BCUT2D eigenvalue weighted by Crippen LogP contribution is -2.41. The Morgan fingerprint density at radius 2 is 1.64 bits per heavy atom. The first-order valence-electron chi connectivity index (χ1n) is 8.49. The fraction of sp³-hybridized carbons (Fsp3) is 0.526. The molecule has 1 saturated heterocycles. The summed E-state index contributed by atoms with van der Waals surface area (Å²) in [5.74, 6) is 0.536. The topological polar surface area (TPSA) is 61.6 Å². The molecule has 0 spiro atoms. The molecule has 1 aliphatic heterocycles. The monoisotopic (exact) mass is 361 g/mol. The van der Waals surface area contributed by atoms with Crippen LogP contribution in [0.4, 0.5) is 5.69 Å². The van der Waals surface area contributed by atoms with Gasteiger partial charge in [-0.2, -0.15) is 0 Å². The number of carbonyl (C=O) groups excluding carboxylic acids is 1. The lowest BCUT2D eigenvalue weighted by molar-refractivity contribution is -0.109. The Hall–Kier alpha value is -1.24. The van der Waals surface area contributed by atoms with Crippen LogP contribution in [0.25, 0.3) is 6.08 Å². The third-order valence-electron chi connectivity index (χ3n) is 4.97. The fourth-order valence-electron chi connectivity index (χ4n) is 2.66. The van der Waals surface area contributed by atoms with Gasteiger partial charge in [0.25, 0.3) is 0 Å². The number of carbonyl (C=O) groups is 1. The van der Waals surface area contributed by atoms with Crippen LogP contribution in [0.3, 0.4) is 0 Å². The smallest absolute Gasteiger partial charge is 0.400 e. The zero-order valence-electron chi connectivity index (χ0n) is 16.2. The zero-order valence-corrected chi connectivity index (χ0v) is 17.0. The van der Waals surface area contributed by atoms with Crippen molar-refractivity contribution in [1.82, 2.24) is 0 Å². The maximum absolute atomic E-state index is 11.5. The summed E-state index contributed by atoms with van der Waals surface area (Å²) in [6, 6.07) is 4.10. The molecule has 1 aromatic rings. The second kappa shape index (κ2) is 7.18. The summed E-state index contributed by atoms with van der Waals surface area (Å²) in [7, 11) is -0.463. The van der Waals surface area contributed by atoms with E-state index in [9.17, 15) is 4.79 Å². The third-order valence-corrected chi connectivity index (χ3v) is 5.85. The quantitative estimate of drug-likeness (QED) is 0.644. The number of aryl methyl sites for hydroxylation is 2. The van der Waals surface area contributed by atoms with Crippen LogP contribution in [-0.2, 0) is 14.1 Å². The number of hydrogen-bond acceptors (Lipinski definition) is 5. The van der Waals surface area contributed by atoms with Crippen molar-refractivity contribution < 1.29 is 14.1 Å². The predicted molar refractivity (Wildman–Crippen MR) is 108 cm³/mol. The summed E-state index contributed by atoms with van der Waals surface area (Å²) in [5, 5.41) is 0.0760. The Morgan fingerprint density at radius 1 is 1.16 bits per heavy atom. The van der Waals surface area contributed by atoms with Crippen LogP contribution in [0.2, 0.25) is 0 Å². The number of rotatable bonds is 4. The highest BCUT2D eigenvalue weighted by atomic mass is 32.2. The molecule has 0 unspecified atom stereocenters. The van der Waals surface area contributed by atoms with Gasteiger partial charge in [-0.05, 0) is 63.7 Å². The molecular formula is C19H28BNO3S. The van der Waals surface area contributed by atoms with Crippen LogP contribution in [-0.4, -0.2) is 29.2 Å². The molecule has 0 amide bonds. The van der Waals surface area contributed by atoms with E-state index in [4.69, 9.17) is 15.0 Å². The van der Waals surface area contributed by atoms with Crippen molar-refractivity contribution in [2.24, 2.45) is 0 Å². The van der Waals surface area contributed by atoms with Gasteiger partial charge in [0.2, 0.25) is 0 Å². The molecule has 0 radical (unpaired) electrons. The third kappa shape index (κ3) is 4.49. The summed E-state index contributed by atoms with van der Waals surface area (Å²) < 4.78 is 12.4. The molecule has 136 valence electrons. The minimum atomic E-state index is -0.463. The molecule has 1 fully saturated rings. The highest BCUT2D eigenvalue weighted by molar-refractivity contribution is 8.13. The summed E-state index contributed by atoms with van der Waals surface area (Å²) in [6.07, 6.45) is 2.05. The first-order valence-corrected chi connectivity index (χ1v) is 9.48. The van der Waals surface area contributed by atoms with E-state index >= 15 is 0 Å². The van der Waals surface area contributed by atoms with E-state index in [0.29, 0.717) is 5.75 Å². The van der Waals surface area contributed by atoms with Crippen LogP contribution < -0.4 is 5.73 Å². The van der Waals surface area contributed by atoms with Gasteiger partial charge < -0.3 is 15.0 Å². The standard InChI is InChI=1S/C19H28BNO3S/c1-12-8-15(9-13(2)17(12)21)10-16(11-25-14(3)22)20-23-18(4,5)19(6,7)24-20/h8-10H,11,21H2,1-7H3. The Morgan fingerprint density at radius 3 is 2.08 bits per heavy atom. The van der Waals surface area contributed by atoms with Crippen molar-refractivity contribution in [3.05, 3.63) is 34.3 Å². The van der Waals surface area contributed by atoms with Crippen LogP contribution >= 0.6 is 11.8 Å². The normalized spacial score (nSPS) is 19.3. The summed E-state index contributed by atoms with van der Waals surface area (Å²) in [6.45, 7) is 13.7. The van der Waals surface area contributed by atoms with Crippen LogP contribution in [0.1, 0.15) is 51.3 Å². The Kier molecular flexibility index (Phi) is 5.76. The Labute approximate surface area is 155 Å². The lowest BCUT2D eigenvalue weighted by atomic mass is 9.78. The van der Waals surface area contributed by atoms with Crippen molar-refractivity contribution in [2.45, 2.75) is 59.7 Å². The van der Waals surface area contributed by atoms with E-state index in [-0.39, 0.29) is 5.12 Å². The van der Waals surface area contributed by atoms with Gasteiger partial charge in [-0.15, -0.1) is 0 Å². The van der Waals surface area contributed by atoms with Gasteiger partial charge in [0, 0.05) is 18.4 Å². The number of thioether (sulfide) groups is 1. The largest absolute Gasteiger partial charge is 0.491 e. The van der Waals surface area contributed by atoms with Gasteiger partial charge in [0.15, 0.2) is 5.12 Å². The predicted octanol–water partition coefficient (Wildman–Crippen LogP) is 4.18. The van der Waals surface area contributed by atoms with Crippen molar-refractivity contribution >= 4 is 35.8 Å². The van der Waals surface area contributed by atoms with E-state index in [0.717, 1.165) is 27.9 Å². The SMILES string of the molecule is CC(=O)SCC(=Cc1cc(C)c(N)c(C)c1)B1OC(C)(C)C(C)(C)O1. The first-order chi connectivity index (χ1) is 11.4. The van der Waals surface area contributed by atoms with Crippen LogP contribution in [0.5, 0.6) is 0 Å². The molecule has 0 bridgehead atoms. The molecule has 25 heavy (non-hydrogen) atoms. The molecule has 2 rings (SSSR count). The summed E-state index contributed by atoms with van der Waals surface area (Å²) in [5.41, 5.74) is 10.1. The second-order valence-electron chi connectivity index (χ2n) is 7.66. The molecule has 0 atom stereocenters. The van der Waals surface area contributed by atoms with Crippen molar-refractivity contribution in [3.8, 4) is 0 Å². The minimum Gasteiger partial charge on any atom is -0.400 e. The second-order valence-corrected chi connectivity index (χ2v) is 8.81. The highest BCUT2D eigenvalue weighted by Gasteiger charge is 2.52. The van der Waals surface area contributed by atoms with Gasteiger partial charge >= 0.3 is 7.12 Å². The van der Waals surface area contributed by atoms with Gasteiger partial charge in [-0.3, -0.25) is 4.79 Å². The van der Waals surface area contributed by atoms with E-state index in [1.54, 1.807) is 6.92 Å².